The number of nitrogen functional groups attached to an aromatic ring is 1. The summed E-state index contributed by atoms with van der Waals surface area (Å²) in [4.78, 5) is 7.43. The van der Waals surface area contributed by atoms with Gasteiger partial charge in [0.2, 0.25) is 0 Å². The molecule has 5 heteroatoms. The van der Waals surface area contributed by atoms with Crippen molar-refractivity contribution in [2.45, 2.75) is 6.92 Å². The molecule has 3 aromatic rings. The molecule has 2 heterocycles. The van der Waals surface area contributed by atoms with Crippen LogP contribution in [-0.4, -0.2) is 22.2 Å². The maximum Gasteiger partial charge on any atom is 0.137 e. The van der Waals surface area contributed by atoms with Gasteiger partial charge < -0.3 is 16.0 Å². The quantitative estimate of drug-likeness (QED) is 0.431. The van der Waals surface area contributed by atoms with Crippen LogP contribution < -0.4 is 11.1 Å². The lowest BCUT2D eigenvalue weighted by Gasteiger charge is -2.12. The maximum atomic E-state index is 8.63. The predicted molar refractivity (Wildman–Crippen MR) is 95.4 cm³/mol. The van der Waals surface area contributed by atoms with Crippen molar-refractivity contribution in [2.75, 3.05) is 12.3 Å². The molecule has 0 fully saturated rings. The van der Waals surface area contributed by atoms with Gasteiger partial charge >= 0.3 is 0 Å². The molecule has 0 unspecified atom stereocenters. The van der Waals surface area contributed by atoms with E-state index in [4.69, 9.17) is 11.1 Å². The van der Waals surface area contributed by atoms with Crippen molar-refractivity contribution < 1.29 is 0 Å². The number of aromatic amines is 1. The second-order valence-corrected chi connectivity index (χ2v) is 5.21. The molecular weight excluding hydrogens is 286 g/mol. The van der Waals surface area contributed by atoms with Gasteiger partial charge in [0.15, 0.2) is 0 Å². The Morgan fingerprint density at radius 3 is 3.00 bits per heavy atom. The van der Waals surface area contributed by atoms with Crippen LogP contribution in [0.3, 0.4) is 0 Å². The predicted octanol–water partition coefficient (Wildman–Crippen LogP) is 3.16. The minimum Gasteiger partial charge on any atom is -0.399 e. The average Bonchev–Trinajstić information content (AvgIpc) is 3.04. The third-order valence-electron chi connectivity index (χ3n) is 3.65. The molecule has 5 N–H and O–H groups in total. The van der Waals surface area contributed by atoms with Crippen LogP contribution >= 0.6 is 0 Å². The van der Waals surface area contributed by atoms with Gasteiger partial charge in [0, 0.05) is 47.3 Å². The second kappa shape index (κ2) is 6.36. The number of rotatable bonds is 5. The Kier molecular flexibility index (Phi) is 4.10. The number of nitrogens with one attached hydrogen (secondary N) is 3. The number of nitrogens with zero attached hydrogens (tertiary/aromatic N) is 1. The van der Waals surface area contributed by atoms with E-state index in [1.807, 2.05) is 55.7 Å². The van der Waals surface area contributed by atoms with Crippen LogP contribution in [0.2, 0.25) is 0 Å². The van der Waals surface area contributed by atoms with Crippen molar-refractivity contribution in [3.05, 3.63) is 66.1 Å². The van der Waals surface area contributed by atoms with Crippen molar-refractivity contribution in [2.24, 2.45) is 0 Å². The summed E-state index contributed by atoms with van der Waals surface area (Å²) < 4.78 is 0. The molecule has 0 amide bonds. The van der Waals surface area contributed by atoms with E-state index in [-0.39, 0.29) is 0 Å². The lowest BCUT2D eigenvalue weighted by molar-refractivity contribution is 0.922. The summed E-state index contributed by atoms with van der Waals surface area (Å²) in [5.74, 6) is 0. The third-order valence-corrected chi connectivity index (χ3v) is 3.65. The van der Waals surface area contributed by atoms with Gasteiger partial charge in [0.25, 0.3) is 0 Å². The van der Waals surface area contributed by atoms with Crippen LogP contribution in [0.4, 0.5) is 5.69 Å². The van der Waals surface area contributed by atoms with Gasteiger partial charge in [-0.1, -0.05) is 12.1 Å². The number of anilines is 1. The van der Waals surface area contributed by atoms with Gasteiger partial charge in [-0.15, -0.1) is 0 Å². The highest BCUT2D eigenvalue weighted by Gasteiger charge is 2.14. The van der Waals surface area contributed by atoms with E-state index in [1.165, 1.54) is 0 Å². The minimum atomic E-state index is 0.423. The summed E-state index contributed by atoms with van der Waals surface area (Å²) in [5, 5.41) is 12.8. The molecule has 0 aliphatic rings. The Labute approximate surface area is 134 Å². The van der Waals surface area contributed by atoms with Gasteiger partial charge in [-0.25, -0.2) is 4.98 Å². The third kappa shape index (κ3) is 2.94. The zero-order valence-electron chi connectivity index (χ0n) is 12.9. The molecule has 0 aliphatic heterocycles. The van der Waals surface area contributed by atoms with E-state index in [0.29, 0.717) is 11.4 Å². The number of H-pyrrole nitrogens is 1. The topological polar surface area (TPSA) is 90.6 Å². The van der Waals surface area contributed by atoms with Crippen LogP contribution in [0, 0.1) is 5.41 Å². The number of pyridine rings is 1. The summed E-state index contributed by atoms with van der Waals surface area (Å²) >= 11 is 0. The van der Waals surface area contributed by atoms with Crippen molar-refractivity contribution in [1.29, 1.82) is 5.41 Å². The Balaban J connectivity index is 2.12. The molecule has 0 atom stereocenters. The van der Waals surface area contributed by atoms with Gasteiger partial charge in [-0.05, 0) is 36.8 Å². The number of benzene rings is 1. The van der Waals surface area contributed by atoms with Crippen LogP contribution in [-0.2, 0) is 0 Å². The van der Waals surface area contributed by atoms with Gasteiger partial charge in [0.05, 0.1) is 5.71 Å². The molecule has 1 aromatic carbocycles. The fraction of sp³-hybridized carbons (Fsp3) is 0.111. The lowest BCUT2D eigenvalue weighted by atomic mass is 9.95. The first-order chi connectivity index (χ1) is 11.2. The molecule has 0 spiro atoms. The van der Waals surface area contributed by atoms with Gasteiger partial charge in [-0.3, -0.25) is 5.41 Å². The van der Waals surface area contributed by atoms with Crippen molar-refractivity contribution in [1.82, 2.24) is 15.3 Å². The molecule has 116 valence electrons. The summed E-state index contributed by atoms with van der Waals surface area (Å²) in [7, 11) is 0. The van der Waals surface area contributed by atoms with E-state index in [9.17, 15) is 0 Å². The van der Waals surface area contributed by atoms with Crippen LogP contribution in [0.1, 0.15) is 18.1 Å². The molecule has 23 heavy (non-hydrogen) atoms. The first-order valence-electron chi connectivity index (χ1n) is 7.51. The largest absolute Gasteiger partial charge is 0.399 e. The molecular formula is C18H19N5. The molecule has 3 rings (SSSR count). The monoisotopic (exact) mass is 305 g/mol. The second-order valence-electron chi connectivity index (χ2n) is 5.21. The Morgan fingerprint density at radius 2 is 2.22 bits per heavy atom. The van der Waals surface area contributed by atoms with E-state index in [2.05, 4.69) is 15.3 Å². The number of fused-ring (bicyclic) bond motifs is 1. The van der Waals surface area contributed by atoms with Crippen LogP contribution in [0.25, 0.3) is 16.6 Å². The van der Waals surface area contributed by atoms with Crippen LogP contribution in [0.15, 0.2) is 55.0 Å². The molecule has 0 radical (unpaired) electrons. The maximum absolute atomic E-state index is 8.63. The first-order valence-corrected chi connectivity index (χ1v) is 7.51. The summed E-state index contributed by atoms with van der Waals surface area (Å²) in [5.41, 5.74) is 10.3. The highest BCUT2D eigenvalue weighted by Crippen LogP contribution is 2.26. The van der Waals surface area contributed by atoms with Crippen molar-refractivity contribution in [3.63, 3.8) is 0 Å². The number of allylic oxidation sites excluding steroid dienone is 1. The zero-order valence-corrected chi connectivity index (χ0v) is 12.9. The van der Waals surface area contributed by atoms with E-state index < -0.39 is 0 Å². The number of hydrogen-bond donors (Lipinski definition) is 4. The number of nitrogens with two attached hydrogens (primary N) is 1. The highest BCUT2D eigenvalue weighted by molar-refractivity contribution is 6.32. The summed E-state index contributed by atoms with van der Waals surface area (Å²) in [6.07, 6.45) is 5.49. The average molecular weight is 305 g/mol. The summed E-state index contributed by atoms with van der Waals surface area (Å²) in [6.45, 7) is 2.81. The highest BCUT2D eigenvalue weighted by atomic mass is 14.8. The number of aromatic nitrogens is 2. The molecule has 0 bridgehead atoms. The van der Waals surface area contributed by atoms with Gasteiger partial charge in [0.1, 0.15) is 5.65 Å². The molecule has 0 saturated carbocycles. The van der Waals surface area contributed by atoms with E-state index >= 15 is 0 Å². The fourth-order valence-corrected chi connectivity index (χ4v) is 2.53. The fourth-order valence-electron chi connectivity index (χ4n) is 2.53. The normalized spacial score (nSPS) is 11.6. The van der Waals surface area contributed by atoms with Crippen molar-refractivity contribution >= 4 is 28.0 Å². The number of hydrogen-bond acceptors (Lipinski definition) is 4. The molecule has 0 saturated heterocycles. The lowest BCUT2D eigenvalue weighted by Crippen LogP contribution is -2.10. The minimum absolute atomic E-state index is 0.423. The molecule has 0 aliphatic carbocycles. The Hall–Kier alpha value is -3.08. The first kappa shape index (κ1) is 14.8. The SMILES string of the molecule is CCN/C=C(\C(=N)c1cccc(N)c1)c1ccnc2[nH]ccc12. The van der Waals surface area contributed by atoms with Crippen molar-refractivity contribution in [3.8, 4) is 0 Å². The van der Waals surface area contributed by atoms with Crippen LogP contribution in [0.5, 0.6) is 0 Å². The summed E-state index contributed by atoms with van der Waals surface area (Å²) in [6, 6.07) is 11.3. The van der Waals surface area contributed by atoms with E-state index in [0.717, 1.165) is 34.3 Å². The van der Waals surface area contributed by atoms with E-state index in [1.54, 1.807) is 6.20 Å². The Bertz CT molecular complexity index is 876. The van der Waals surface area contributed by atoms with Gasteiger partial charge in [-0.2, -0.15) is 0 Å². The Morgan fingerprint density at radius 1 is 1.35 bits per heavy atom. The standard InChI is InChI=1S/C18H19N5/c1-2-21-11-16(17(20)12-4-3-5-13(19)10-12)14-6-8-22-18-15(14)7-9-23-18/h3-11,20-21H,2,19H2,1H3,(H,22,23)/b16-11-,20-17?. The molecule has 2 aromatic heterocycles. The molecule has 5 nitrogen and oxygen atoms in total. The smallest absolute Gasteiger partial charge is 0.137 e. The zero-order chi connectivity index (χ0) is 16.2.